The van der Waals surface area contributed by atoms with Crippen molar-refractivity contribution >= 4 is 29.6 Å². The fraction of sp³-hybridized carbons (Fsp3) is 0.750. The molecule has 0 radical (unpaired) electrons. The highest BCUT2D eigenvalue weighted by molar-refractivity contribution is 5.75. The van der Waals surface area contributed by atoms with Gasteiger partial charge in [-0.15, -0.1) is 0 Å². The van der Waals surface area contributed by atoms with Crippen LogP contribution >= 0.6 is 0 Å². The van der Waals surface area contributed by atoms with Crippen molar-refractivity contribution in [2.24, 2.45) is 0 Å². The molecule has 11 heteroatoms. The standard InChI is InChI=1S/C20H31NO10/c1-11(22)8-6-7-9-27-20-17(21-12(2)23)19(30-15(5)26)18(29-14(4)25)16(31-20)10-28-13(3)24/h16-20H,6-10H2,1-5H3,(H,21,23). The Kier molecular flexibility index (Phi) is 11.1. The van der Waals surface area contributed by atoms with E-state index in [9.17, 15) is 24.0 Å². The first-order chi connectivity index (χ1) is 14.5. The number of unbranched alkanes of at least 4 members (excludes halogenated alkanes) is 1. The second-order valence-corrected chi connectivity index (χ2v) is 7.25. The number of carbonyl (C=O) groups excluding carboxylic acids is 5. The molecule has 176 valence electrons. The quantitative estimate of drug-likeness (QED) is 0.270. The minimum Gasteiger partial charge on any atom is -0.463 e. The lowest BCUT2D eigenvalue weighted by atomic mass is 9.96. The van der Waals surface area contributed by atoms with Crippen LogP contribution in [0, 0.1) is 0 Å². The zero-order chi connectivity index (χ0) is 23.6. The molecule has 1 amide bonds. The molecule has 31 heavy (non-hydrogen) atoms. The van der Waals surface area contributed by atoms with E-state index >= 15 is 0 Å². The van der Waals surface area contributed by atoms with E-state index in [1.165, 1.54) is 34.6 Å². The molecular formula is C20H31NO10. The summed E-state index contributed by atoms with van der Waals surface area (Å²) in [5.74, 6) is -2.32. The lowest BCUT2D eigenvalue weighted by molar-refractivity contribution is -0.277. The van der Waals surface area contributed by atoms with Crippen LogP contribution in [-0.2, 0) is 47.7 Å². The molecule has 5 unspecified atom stereocenters. The molecule has 1 aliphatic heterocycles. The van der Waals surface area contributed by atoms with Gasteiger partial charge in [-0.1, -0.05) is 0 Å². The van der Waals surface area contributed by atoms with E-state index < -0.39 is 54.5 Å². The zero-order valence-corrected chi connectivity index (χ0v) is 18.5. The maximum Gasteiger partial charge on any atom is 0.303 e. The molecule has 0 spiro atoms. The summed E-state index contributed by atoms with van der Waals surface area (Å²) in [5.41, 5.74) is 0. The van der Waals surface area contributed by atoms with Crippen LogP contribution in [0.25, 0.3) is 0 Å². The van der Waals surface area contributed by atoms with E-state index in [0.717, 1.165) is 0 Å². The summed E-state index contributed by atoms with van der Waals surface area (Å²) >= 11 is 0. The lowest BCUT2D eigenvalue weighted by Gasteiger charge is -2.44. The number of carbonyl (C=O) groups is 5. The summed E-state index contributed by atoms with van der Waals surface area (Å²) in [4.78, 5) is 57.6. The number of amides is 1. The second-order valence-electron chi connectivity index (χ2n) is 7.25. The van der Waals surface area contributed by atoms with Crippen molar-refractivity contribution in [3.8, 4) is 0 Å². The van der Waals surface area contributed by atoms with Crippen molar-refractivity contribution < 1.29 is 47.7 Å². The Morgan fingerprint density at radius 1 is 0.839 bits per heavy atom. The van der Waals surface area contributed by atoms with E-state index in [0.29, 0.717) is 19.3 Å². The smallest absolute Gasteiger partial charge is 0.303 e. The van der Waals surface area contributed by atoms with Gasteiger partial charge in [-0.3, -0.25) is 19.2 Å². The van der Waals surface area contributed by atoms with Gasteiger partial charge in [-0.2, -0.15) is 0 Å². The monoisotopic (exact) mass is 445 g/mol. The van der Waals surface area contributed by atoms with Gasteiger partial charge in [0, 0.05) is 40.7 Å². The van der Waals surface area contributed by atoms with Gasteiger partial charge in [0.1, 0.15) is 24.5 Å². The van der Waals surface area contributed by atoms with Crippen molar-refractivity contribution in [2.45, 2.75) is 84.5 Å². The highest BCUT2D eigenvalue weighted by Gasteiger charge is 2.51. The first-order valence-corrected chi connectivity index (χ1v) is 10.0. The fourth-order valence-corrected chi connectivity index (χ4v) is 3.11. The summed E-state index contributed by atoms with van der Waals surface area (Å²) in [6.45, 7) is 6.21. The Morgan fingerprint density at radius 2 is 1.45 bits per heavy atom. The van der Waals surface area contributed by atoms with Crippen LogP contribution in [0.15, 0.2) is 0 Å². The first kappa shape index (κ1) is 26.5. The second kappa shape index (κ2) is 13.0. The fourth-order valence-electron chi connectivity index (χ4n) is 3.11. The molecule has 0 aromatic rings. The number of hydrogen-bond donors (Lipinski definition) is 1. The Morgan fingerprint density at radius 3 is 1.97 bits per heavy atom. The molecule has 0 saturated carbocycles. The molecule has 1 fully saturated rings. The number of esters is 3. The van der Waals surface area contributed by atoms with Gasteiger partial charge in [-0.25, -0.2) is 0 Å². The molecule has 1 heterocycles. The third-order valence-electron chi connectivity index (χ3n) is 4.28. The molecule has 0 aromatic heterocycles. The minimum absolute atomic E-state index is 0.0608. The molecule has 1 N–H and O–H groups in total. The Labute approximate surface area is 181 Å². The highest BCUT2D eigenvalue weighted by Crippen LogP contribution is 2.28. The van der Waals surface area contributed by atoms with E-state index in [1.807, 2.05) is 0 Å². The predicted molar refractivity (Wildman–Crippen MR) is 104 cm³/mol. The third-order valence-corrected chi connectivity index (χ3v) is 4.28. The molecule has 1 rings (SSSR count). The van der Waals surface area contributed by atoms with E-state index in [-0.39, 0.29) is 19.0 Å². The van der Waals surface area contributed by atoms with Gasteiger partial charge < -0.3 is 33.8 Å². The van der Waals surface area contributed by atoms with Crippen LogP contribution in [0.5, 0.6) is 0 Å². The van der Waals surface area contributed by atoms with E-state index in [1.54, 1.807) is 0 Å². The molecule has 11 nitrogen and oxygen atoms in total. The van der Waals surface area contributed by atoms with Crippen LogP contribution in [0.4, 0.5) is 0 Å². The average molecular weight is 445 g/mol. The number of nitrogens with one attached hydrogen (secondary N) is 1. The van der Waals surface area contributed by atoms with Gasteiger partial charge in [0.15, 0.2) is 18.5 Å². The Hall–Kier alpha value is -2.53. The van der Waals surface area contributed by atoms with Gasteiger partial charge in [0.2, 0.25) is 5.91 Å². The molecule has 0 aliphatic carbocycles. The van der Waals surface area contributed by atoms with Crippen LogP contribution in [-0.4, -0.2) is 73.5 Å². The van der Waals surface area contributed by atoms with Crippen molar-refractivity contribution in [3.63, 3.8) is 0 Å². The van der Waals surface area contributed by atoms with Crippen molar-refractivity contribution in [2.75, 3.05) is 13.2 Å². The number of rotatable bonds is 11. The van der Waals surface area contributed by atoms with Gasteiger partial charge in [0.05, 0.1) is 0 Å². The molecular weight excluding hydrogens is 414 g/mol. The SMILES string of the molecule is CC(=O)CCCCOC1OC(COC(C)=O)C(OC(C)=O)C(OC(C)=O)C1NC(C)=O. The maximum atomic E-state index is 11.8. The normalized spacial score (nSPS) is 25.3. The minimum atomic E-state index is -1.16. The number of ether oxygens (including phenoxy) is 5. The van der Waals surface area contributed by atoms with Crippen molar-refractivity contribution in [1.82, 2.24) is 5.32 Å². The summed E-state index contributed by atoms with van der Waals surface area (Å²) < 4.78 is 27.3. The summed E-state index contributed by atoms with van der Waals surface area (Å²) in [6.07, 6.45) is -2.84. The summed E-state index contributed by atoms with van der Waals surface area (Å²) in [7, 11) is 0. The molecule has 5 atom stereocenters. The zero-order valence-electron chi connectivity index (χ0n) is 18.5. The van der Waals surface area contributed by atoms with Crippen LogP contribution in [0.1, 0.15) is 53.9 Å². The number of hydrogen-bond acceptors (Lipinski definition) is 10. The number of ketones is 1. The van der Waals surface area contributed by atoms with Crippen molar-refractivity contribution in [3.05, 3.63) is 0 Å². The van der Waals surface area contributed by atoms with E-state index in [4.69, 9.17) is 23.7 Å². The topological polar surface area (TPSA) is 144 Å². The summed E-state index contributed by atoms with van der Waals surface area (Å²) in [5, 5.41) is 2.62. The Balaban J connectivity index is 3.11. The Bertz CT molecular complexity index is 664. The first-order valence-electron chi connectivity index (χ1n) is 10.0. The van der Waals surface area contributed by atoms with Crippen LogP contribution < -0.4 is 5.32 Å². The average Bonchev–Trinajstić information content (AvgIpc) is 2.62. The van der Waals surface area contributed by atoms with Crippen LogP contribution in [0.2, 0.25) is 0 Å². The van der Waals surface area contributed by atoms with Gasteiger partial charge in [-0.05, 0) is 19.8 Å². The van der Waals surface area contributed by atoms with Crippen molar-refractivity contribution in [1.29, 1.82) is 0 Å². The molecule has 0 aromatic carbocycles. The molecule has 0 bridgehead atoms. The van der Waals surface area contributed by atoms with E-state index in [2.05, 4.69) is 5.32 Å². The molecule has 1 aliphatic rings. The van der Waals surface area contributed by atoms with Crippen LogP contribution in [0.3, 0.4) is 0 Å². The highest BCUT2D eigenvalue weighted by atomic mass is 16.7. The third kappa shape index (κ3) is 9.88. The van der Waals surface area contributed by atoms with Gasteiger partial charge >= 0.3 is 17.9 Å². The summed E-state index contributed by atoms with van der Waals surface area (Å²) in [6, 6.07) is -0.993. The molecule has 1 saturated heterocycles. The van der Waals surface area contributed by atoms with Gasteiger partial charge in [0.25, 0.3) is 0 Å². The lowest BCUT2D eigenvalue weighted by Crippen LogP contribution is -2.66. The predicted octanol–water partition coefficient (Wildman–Crippen LogP) is 0.418. The number of Topliss-reactive ketones (excluding diaryl/α,β-unsaturated/α-hetero) is 1. The largest absolute Gasteiger partial charge is 0.463 e. The maximum absolute atomic E-state index is 11.8.